The van der Waals surface area contributed by atoms with Gasteiger partial charge in [0.2, 0.25) is 11.8 Å². The molecule has 0 aromatic carbocycles. The summed E-state index contributed by atoms with van der Waals surface area (Å²) in [6, 6.07) is 6.46. The lowest BCUT2D eigenvalue weighted by Gasteiger charge is -2.32. The summed E-state index contributed by atoms with van der Waals surface area (Å²) in [6.07, 6.45) is 1.25. The van der Waals surface area contributed by atoms with Gasteiger partial charge in [-0.3, -0.25) is 4.79 Å². The van der Waals surface area contributed by atoms with Crippen molar-refractivity contribution in [1.82, 2.24) is 14.9 Å². The third-order valence-electron chi connectivity index (χ3n) is 3.77. The summed E-state index contributed by atoms with van der Waals surface area (Å²) in [5.41, 5.74) is 0.419. The van der Waals surface area contributed by atoms with Gasteiger partial charge in [-0.15, -0.1) is 0 Å². The fourth-order valence-electron chi connectivity index (χ4n) is 2.51. The Morgan fingerprint density at radius 2 is 2.19 bits per heavy atom. The molecule has 0 radical (unpaired) electrons. The molecule has 138 valence electrons. The van der Waals surface area contributed by atoms with Crippen LogP contribution in [0.3, 0.4) is 0 Å². The maximum absolute atomic E-state index is 12.7. The Hall–Kier alpha value is -2.09. The molecule has 0 N–H and O–H groups in total. The molecule has 2 aromatic rings. The van der Waals surface area contributed by atoms with Gasteiger partial charge >= 0.3 is 0 Å². The van der Waals surface area contributed by atoms with Gasteiger partial charge in [-0.1, -0.05) is 23.2 Å². The van der Waals surface area contributed by atoms with E-state index in [1.54, 1.807) is 23.1 Å². The Balaban J connectivity index is 1.61. The number of aromatic nitrogens is 2. The van der Waals surface area contributed by atoms with Gasteiger partial charge in [0.1, 0.15) is 17.9 Å². The molecular formula is C17H17Cl2N3O4. The first-order valence-electron chi connectivity index (χ1n) is 7.92. The van der Waals surface area contributed by atoms with Crippen molar-refractivity contribution in [3.05, 3.63) is 46.2 Å². The lowest BCUT2D eigenvalue weighted by molar-refractivity contribution is -0.0407. The highest BCUT2D eigenvalue weighted by atomic mass is 35.5. The van der Waals surface area contributed by atoms with E-state index in [1.807, 2.05) is 0 Å². The number of carbonyl (C=O) groups is 1. The van der Waals surface area contributed by atoms with Crippen LogP contribution in [0.4, 0.5) is 0 Å². The number of carbonyl (C=O) groups excluding carboxylic acids is 1. The van der Waals surface area contributed by atoms with Gasteiger partial charge in [-0.05, 0) is 12.1 Å². The van der Waals surface area contributed by atoms with Gasteiger partial charge in [0.25, 0.3) is 5.91 Å². The minimum absolute atomic E-state index is 0.162. The van der Waals surface area contributed by atoms with Crippen LogP contribution in [0.25, 0.3) is 0 Å². The van der Waals surface area contributed by atoms with Crippen molar-refractivity contribution in [3.63, 3.8) is 0 Å². The number of amides is 1. The summed E-state index contributed by atoms with van der Waals surface area (Å²) in [4.78, 5) is 22.5. The number of morpholine rings is 1. The minimum atomic E-state index is -0.260. The fraction of sp³-hybridized carbons (Fsp3) is 0.353. The van der Waals surface area contributed by atoms with Crippen molar-refractivity contribution in [2.24, 2.45) is 0 Å². The molecule has 2 aromatic heterocycles. The Bertz CT molecular complexity index is 773. The average Bonchev–Trinajstić information content (AvgIpc) is 2.66. The van der Waals surface area contributed by atoms with E-state index in [-0.39, 0.29) is 23.8 Å². The van der Waals surface area contributed by atoms with E-state index in [9.17, 15) is 4.79 Å². The van der Waals surface area contributed by atoms with Crippen LogP contribution in [-0.4, -0.2) is 60.3 Å². The molecule has 1 fully saturated rings. The van der Waals surface area contributed by atoms with E-state index in [2.05, 4.69) is 9.97 Å². The van der Waals surface area contributed by atoms with Gasteiger partial charge in [0, 0.05) is 30.4 Å². The number of rotatable bonds is 5. The van der Waals surface area contributed by atoms with Crippen LogP contribution < -0.4 is 9.47 Å². The molecule has 3 rings (SSSR count). The number of nitrogens with zero attached hydrogens (tertiary/aromatic N) is 3. The average molecular weight is 398 g/mol. The van der Waals surface area contributed by atoms with Crippen molar-refractivity contribution in [3.8, 4) is 11.8 Å². The van der Waals surface area contributed by atoms with Crippen LogP contribution in [0.15, 0.2) is 30.5 Å². The van der Waals surface area contributed by atoms with E-state index in [4.69, 9.17) is 37.4 Å². The third kappa shape index (κ3) is 4.75. The lowest BCUT2D eigenvalue weighted by Crippen LogP contribution is -2.47. The maximum Gasteiger partial charge on any atom is 0.254 e. The zero-order chi connectivity index (χ0) is 18.5. The smallest absolute Gasteiger partial charge is 0.254 e. The zero-order valence-electron chi connectivity index (χ0n) is 14.0. The van der Waals surface area contributed by atoms with Crippen LogP contribution in [0.2, 0.25) is 10.2 Å². The van der Waals surface area contributed by atoms with E-state index >= 15 is 0 Å². The monoisotopic (exact) mass is 397 g/mol. The molecule has 1 aliphatic heterocycles. The number of methoxy groups -OCH3 is 1. The normalized spacial score (nSPS) is 17.0. The summed E-state index contributed by atoms with van der Waals surface area (Å²) < 4.78 is 16.3. The van der Waals surface area contributed by atoms with Gasteiger partial charge in [-0.2, -0.15) is 0 Å². The van der Waals surface area contributed by atoms with Gasteiger partial charge in [0.15, 0.2) is 0 Å². The SMILES string of the molecule is COc1cc(C(=O)N2CCOC(COc3ccc(Cl)cn3)C2)cc(Cl)n1. The van der Waals surface area contributed by atoms with Crippen LogP contribution in [0.5, 0.6) is 11.8 Å². The van der Waals surface area contributed by atoms with Crippen molar-refractivity contribution < 1.29 is 19.0 Å². The summed E-state index contributed by atoms with van der Waals surface area (Å²) >= 11 is 11.7. The molecular weight excluding hydrogens is 381 g/mol. The second-order valence-electron chi connectivity index (χ2n) is 5.59. The van der Waals surface area contributed by atoms with E-state index in [0.717, 1.165) is 0 Å². The van der Waals surface area contributed by atoms with Crippen LogP contribution >= 0.6 is 23.2 Å². The molecule has 0 aliphatic carbocycles. The second kappa shape index (κ2) is 8.53. The predicted octanol–water partition coefficient (Wildman–Crippen LogP) is 2.71. The molecule has 1 amide bonds. The summed E-state index contributed by atoms with van der Waals surface area (Å²) in [5, 5.41) is 0.740. The molecule has 9 heteroatoms. The highest BCUT2D eigenvalue weighted by molar-refractivity contribution is 6.30. The number of ether oxygens (including phenoxy) is 3. The first-order valence-corrected chi connectivity index (χ1v) is 8.67. The van der Waals surface area contributed by atoms with Gasteiger partial charge < -0.3 is 19.1 Å². The number of halogens is 2. The van der Waals surface area contributed by atoms with Gasteiger partial charge in [-0.25, -0.2) is 9.97 Å². The van der Waals surface area contributed by atoms with Gasteiger partial charge in [0.05, 0.1) is 25.3 Å². The third-order valence-corrected chi connectivity index (χ3v) is 4.19. The molecule has 7 nitrogen and oxygen atoms in total. The minimum Gasteiger partial charge on any atom is -0.481 e. The molecule has 1 atom stereocenters. The van der Waals surface area contributed by atoms with Crippen molar-refractivity contribution >= 4 is 29.1 Å². The number of hydrogen-bond acceptors (Lipinski definition) is 6. The van der Waals surface area contributed by atoms with E-state index < -0.39 is 0 Å². The Morgan fingerprint density at radius 1 is 1.35 bits per heavy atom. The van der Waals surface area contributed by atoms with Crippen LogP contribution in [-0.2, 0) is 4.74 Å². The van der Waals surface area contributed by atoms with E-state index in [1.165, 1.54) is 19.4 Å². The number of pyridine rings is 2. The fourth-order valence-corrected chi connectivity index (χ4v) is 2.83. The highest BCUT2D eigenvalue weighted by Gasteiger charge is 2.26. The zero-order valence-corrected chi connectivity index (χ0v) is 15.5. The summed E-state index contributed by atoms with van der Waals surface area (Å²) in [6.45, 7) is 1.58. The first-order chi connectivity index (χ1) is 12.5. The van der Waals surface area contributed by atoms with E-state index in [0.29, 0.717) is 42.0 Å². The first kappa shape index (κ1) is 18.7. The quantitative estimate of drug-likeness (QED) is 0.722. The van der Waals surface area contributed by atoms with Crippen molar-refractivity contribution in [1.29, 1.82) is 0 Å². The van der Waals surface area contributed by atoms with Crippen LogP contribution in [0.1, 0.15) is 10.4 Å². The molecule has 1 unspecified atom stereocenters. The summed E-state index contributed by atoms with van der Waals surface area (Å²) in [7, 11) is 1.47. The Morgan fingerprint density at radius 3 is 2.92 bits per heavy atom. The molecule has 1 aliphatic rings. The molecule has 3 heterocycles. The highest BCUT2D eigenvalue weighted by Crippen LogP contribution is 2.19. The summed E-state index contributed by atoms with van der Waals surface area (Å²) in [5.74, 6) is 0.584. The standard InChI is InChI=1S/C17H17Cl2N3O4/c1-24-16-7-11(6-14(19)21-16)17(23)22-4-5-25-13(9-22)10-26-15-3-2-12(18)8-20-15/h2-3,6-8,13H,4-5,9-10H2,1H3. The second-order valence-corrected chi connectivity index (χ2v) is 6.41. The maximum atomic E-state index is 12.7. The Labute approximate surface area is 160 Å². The van der Waals surface area contributed by atoms with Crippen molar-refractivity contribution in [2.45, 2.75) is 6.10 Å². The topological polar surface area (TPSA) is 73.8 Å². The molecule has 26 heavy (non-hydrogen) atoms. The molecule has 1 saturated heterocycles. The predicted molar refractivity (Wildman–Crippen MR) is 96.2 cm³/mol. The lowest BCUT2D eigenvalue weighted by atomic mass is 10.2. The largest absolute Gasteiger partial charge is 0.481 e. The van der Waals surface area contributed by atoms with Crippen molar-refractivity contribution in [2.75, 3.05) is 33.4 Å². The number of hydrogen-bond donors (Lipinski definition) is 0. The molecule has 0 spiro atoms. The van der Waals surface area contributed by atoms with Crippen LogP contribution in [0, 0.1) is 0 Å². The molecule has 0 bridgehead atoms. The Kier molecular flexibility index (Phi) is 6.13. The molecule has 0 saturated carbocycles.